The minimum atomic E-state index is -0.0504. The van der Waals surface area contributed by atoms with Crippen LogP contribution in [0.1, 0.15) is 31.5 Å². The van der Waals surface area contributed by atoms with Crippen LogP contribution in [0, 0.1) is 0 Å². The van der Waals surface area contributed by atoms with Crippen LogP contribution in [-0.2, 0) is 18.2 Å². The molecular weight excluding hydrogens is 202 g/mol. The Balaban J connectivity index is 1.88. The smallest absolute Gasteiger partial charge is 0.108 e. The van der Waals surface area contributed by atoms with Crippen molar-refractivity contribution < 1.29 is 4.74 Å². The van der Waals surface area contributed by atoms with E-state index in [4.69, 9.17) is 10.5 Å². The quantitative estimate of drug-likeness (QED) is 0.817. The Kier molecular flexibility index (Phi) is 3.30. The molecule has 0 aromatic carbocycles. The molecule has 1 aromatic heterocycles. The Labute approximate surface area is 96.8 Å². The van der Waals surface area contributed by atoms with Crippen LogP contribution < -0.4 is 5.73 Å². The SMILES string of the molecule is COC1(C(N)CCc2nccn2C)CCC1. The molecule has 2 rings (SSSR count). The van der Waals surface area contributed by atoms with Gasteiger partial charge in [-0.1, -0.05) is 0 Å². The lowest BCUT2D eigenvalue weighted by molar-refractivity contribution is -0.0913. The molecule has 0 radical (unpaired) electrons. The van der Waals surface area contributed by atoms with Gasteiger partial charge in [0.1, 0.15) is 5.82 Å². The maximum absolute atomic E-state index is 6.23. The summed E-state index contributed by atoms with van der Waals surface area (Å²) >= 11 is 0. The van der Waals surface area contributed by atoms with Gasteiger partial charge in [-0.25, -0.2) is 4.98 Å². The van der Waals surface area contributed by atoms with E-state index in [0.29, 0.717) is 0 Å². The number of aromatic nitrogens is 2. The van der Waals surface area contributed by atoms with Gasteiger partial charge in [-0.3, -0.25) is 0 Å². The van der Waals surface area contributed by atoms with Crippen LogP contribution in [0.2, 0.25) is 0 Å². The van der Waals surface area contributed by atoms with Crippen molar-refractivity contribution in [2.45, 2.75) is 43.7 Å². The van der Waals surface area contributed by atoms with E-state index in [2.05, 4.69) is 4.98 Å². The third kappa shape index (κ3) is 1.99. The number of rotatable bonds is 5. The van der Waals surface area contributed by atoms with E-state index in [0.717, 1.165) is 31.5 Å². The summed E-state index contributed by atoms with van der Waals surface area (Å²) in [4.78, 5) is 4.31. The number of methoxy groups -OCH3 is 1. The van der Waals surface area contributed by atoms with E-state index < -0.39 is 0 Å². The van der Waals surface area contributed by atoms with Gasteiger partial charge in [-0.05, 0) is 25.7 Å². The molecule has 1 atom stereocenters. The first kappa shape index (κ1) is 11.6. The Hall–Kier alpha value is -0.870. The molecule has 16 heavy (non-hydrogen) atoms. The van der Waals surface area contributed by atoms with Crippen LogP contribution in [0.25, 0.3) is 0 Å². The molecule has 1 fully saturated rings. The minimum absolute atomic E-state index is 0.0504. The summed E-state index contributed by atoms with van der Waals surface area (Å²) in [5.41, 5.74) is 6.18. The van der Waals surface area contributed by atoms with Gasteiger partial charge in [-0.15, -0.1) is 0 Å². The molecule has 0 amide bonds. The first-order chi connectivity index (χ1) is 7.68. The molecule has 1 unspecified atom stereocenters. The molecule has 0 saturated heterocycles. The number of imidazole rings is 1. The molecule has 1 aliphatic carbocycles. The van der Waals surface area contributed by atoms with Crippen molar-refractivity contribution in [2.24, 2.45) is 12.8 Å². The minimum Gasteiger partial charge on any atom is -0.377 e. The number of nitrogens with two attached hydrogens (primary N) is 1. The fourth-order valence-electron chi connectivity index (χ4n) is 2.44. The second kappa shape index (κ2) is 4.55. The predicted octanol–water partition coefficient (Wildman–Crippen LogP) is 1.25. The molecule has 0 spiro atoms. The average Bonchev–Trinajstić information content (AvgIpc) is 2.60. The van der Waals surface area contributed by atoms with Crippen molar-refractivity contribution in [3.63, 3.8) is 0 Å². The van der Waals surface area contributed by atoms with Crippen LogP contribution in [0.3, 0.4) is 0 Å². The van der Waals surface area contributed by atoms with Gasteiger partial charge in [0.25, 0.3) is 0 Å². The van der Waals surface area contributed by atoms with Crippen molar-refractivity contribution in [3.05, 3.63) is 18.2 Å². The first-order valence-electron chi connectivity index (χ1n) is 5.95. The molecule has 1 aliphatic rings. The third-order valence-electron chi connectivity index (χ3n) is 3.88. The topological polar surface area (TPSA) is 53.1 Å². The highest BCUT2D eigenvalue weighted by Crippen LogP contribution is 2.38. The van der Waals surface area contributed by atoms with Gasteiger partial charge in [-0.2, -0.15) is 0 Å². The van der Waals surface area contributed by atoms with Gasteiger partial charge in [0, 0.05) is 39.0 Å². The van der Waals surface area contributed by atoms with E-state index in [1.807, 2.05) is 24.0 Å². The van der Waals surface area contributed by atoms with E-state index in [9.17, 15) is 0 Å². The van der Waals surface area contributed by atoms with Crippen molar-refractivity contribution in [3.8, 4) is 0 Å². The van der Waals surface area contributed by atoms with Crippen LogP contribution in [0.4, 0.5) is 0 Å². The number of ether oxygens (including phenoxy) is 1. The fourth-order valence-corrected chi connectivity index (χ4v) is 2.44. The lowest BCUT2D eigenvalue weighted by Crippen LogP contribution is -2.54. The zero-order valence-corrected chi connectivity index (χ0v) is 10.1. The lowest BCUT2D eigenvalue weighted by atomic mass is 9.73. The number of hydrogen-bond acceptors (Lipinski definition) is 3. The highest BCUT2D eigenvalue weighted by Gasteiger charge is 2.42. The molecule has 2 N–H and O–H groups in total. The van der Waals surface area contributed by atoms with E-state index in [-0.39, 0.29) is 11.6 Å². The van der Waals surface area contributed by atoms with E-state index >= 15 is 0 Å². The summed E-state index contributed by atoms with van der Waals surface area (Å²) in [5, 5.41) is 0. The summed E-state index contributed by atoms with van der Waals surface area (Å²) in [6.45, 7) is 0. The zero-order valence-electron chi connectivity index (χ0n) is 10.1. The third-order valence-corrected chi connectivity index (χ3v) is 3.88. The van der Waals surface area contributed by atoms with Gasteiger partial charge in [0.05, 0.1) is 5.60 Å². The van der Waals surface area contributed by atoms with Gasteiger partial charge >= 0.3 is 0 Å². The van der Waals surface area contributed by atoms with Crippen molar-refractivity contribution in [2.75, 3.05) is 7.11 Å². The van der Waals surface area contributed by atoms with Crippen LogP contribution in [0.5, 0.6) is 0 Å². The average molecular weight is 223 g/mol. The Bertz CT molecular complexity index is 338. The van der Waals surface area contributed by atoms with Crippen molar-refractivity contribution in [1.29, 1.82) is 0 Å². The zero-order chi connectivity index (χ0) is 11.6. The summed E-state index contributed by atoms with van der Waals surface area (Å²) in [7, 11) is 3.79. The maximum Gasteiger partial charge on any atom is 0.108 e. The van der Waals surface area contributed by atoms with Crippen molar-refractivity contribution >= 4 is 0 Å². The first-order valence-corrected chi connectivity index (χ1v) is 5.95. The number of aryl methyl sites for hydroxylation is 2. The monoisotopic (exact) mass is 223 g/mol. The second-order valence-corrected chi connectivity index (χ2v) is 4.72. The van der Waals surface area contributed by atoms with Gasteiger partial charge in [0.2, 0.25) is 0 Å². The molecule has 1 heterocycles. The predicted molar refractivity (Wildman–Crippen MR) is 63.1 cm³/mol. The fraction of sp³-hybridized carbons (Fsp3) is 0.750. The molecule has 4 heteroatoms. The second-order valence-electron chi connectivity index (χ2n) is 4.72. The highest BCUT2D eigenvalue weighted by atomic mass is 16.5. The van der Waals surface area contributed by atoms with E-state index in [1.54, 1.807) is 7.11 Å². The molecular formula is C12H21N3O. The molecule has 0 bridgehead atoms. The van der Waals surface area contributed by atoms with Crippen LogP contribution in [-0.4, -0.2) is 28.3 Å². The summed E-state index contributed by atoms with van der Waals surface area (Å²) in [5.74, 6) is 1.10. The summed E-state index contributed by atoms with van der Waals surface area (Å²) in [6, 6.07) is 0.128. The standard InChI is InChI=1S/C12H21N3O/c1-15-9-8-14-11(15)5-4-10(13)12(16-2)6-3-7-12/h8-10H,3-7,13H2,1-2H3. The molecule has 4 nitrogen and oxygen atoms in total. The number of hydrogen-bond donors (Lipinski definition) is 1. The molecule has 0 aliphatic heterocycles. The van der Waals surface area contributed by atoms with Gasteiger partial charge < -0.3 is 15.0 Å². The highest BCUT2D eigenvalue weighted by molar-refractivity contribution is 5.00. The van der Waals surface area contributed by atoms with Crippen LogP contribution >= 0.6 is 0 Å². The maximum atomic E-state index is 6.23. The van der Waals surface area contributed by atoms with E-state index in [1.165, 1.54) is 6.42 Å². The largest absolute Gasteiger partial charge is 0.377 e. The van der Waals surface area contributed by atoms with Crippen LogP contribution in [0.15, 0.2) is 12.4 Å². The molecule has 1 saturated carbocycles. The Morgan fingerprint density at radius 3 is 2.81 bits per heavy atom. The number of nitrogens with zero attached hydrogens (tertiary/aromatic N) is 2. The Morgan fingerprint density at radius 1 is 1.62 bits per heavy atom. The van der Waals surface area contributed by atoms with Gasteiger partial charge in [0.15, 0.2) is 0 Å². The molecule has 1 aromatic rings. The summed E-state index contributed by atoms with van der Waals surface area (Å²) in [6.07, 6.45) is 9.11. The Morgan fingerprint density at radius 2 is 2.38 bits per heavy atom. The lowest BCUT2D eigenvalue weighted by Gasteiger charge is -2.45. The summed E-state index contributed by atoms with van der Waals surface area (Å²) < 4.78 is 7.63. The normalized spacial score (nSPS) is 20.4. The molecule has 90 valence electrons. The van der Waals surface area contributed by atoms with Crippen molar-refractivity contribution in [1.82, 2.24) is 9.55 Å².